The van der Waals surface area contributed by atoms with Gasteiger partial charge in [0, 0.05) is 5.02 Å². The van der Waals surface area contributed by atoms with E-state index in [1.54, 1.807) is 0 Å². The zero-order valence-electron chi connectivity index (χ0n) is 8.99. The van der Waals surface area contributed by atoms with Gasteiger partial charge < -0.3 is 5.73 Å². The van der Waals surface area contributed by atoms with Crippen LogP contribution in [0.4, 0.5) is 0 Å². The van der Waals surface area contributed by atoms with Crippen molar-refractivity contribution in [1.29, 1.82) is 0 Å². The summed E-state index contributed by atoms with van der Waals surface area (Å²) in [6, 6.07) is 16.3. The average Bonchev–Trinajstić information content (AvgIpc) is 2.30. The molecule has 2 aromatic rings. The highest BCUT2D eigenvalue weighted by molar-refractivity contribution is 6.30. The lowest BCUT2D eigenvalue weighted by Crippen LogP contribution is -2.02. The molecule has 0 amide bonds. The number of nitrogens with two attached hydrogens (primary N) is 1. The van der Waals surface area contributed by atoms with Crippen LogP contribution < -0.4 is 5.73 Å². The molecule has 0 aromatic heterocycles. The third-order valence-corrected chi connectivity index (χ3v) is 2.75. The molecular formula is C14H14ClN. The van der Waals surface area contributed by atoms with E-state index in [0.29, 0.717) is 6.54 Å². The number of hydrogen-bond acceptors (Lipinski definition) is 1. The minimum atomic E-state index is 0.680. The van der Waals surface area contributed by atoms with Gasteiger partial charge in [-0.1, -0.05) is 48.0 Å². The van der Waals surface area contributed by atoms with Crippen LogP contribution in [0.1, 0.15) is 5.56 Å². The molecule has 0 radical (unpaired) electrons. The van der Waals surface area contributed by atoms with Gasteiger partial charge >= 0.3 is 0 Å². The molecule has 0 saturated carbocycles. The molecule has 0 aliphatic rings. The molecule has 0 aliphatic heterocycles. The lowest BCUT2D eigenvalue weighted by molar-refractivity contribution is 0.969. The quantitative estimate of drug-likeness (QED) is 0.860. The minimum absolute atomic E-state index is 0.680. The predicted molar refractivity (Wildman–Crippen MR) is 69.6 cm³/mol. The minimum Gasteiger partial charge on any atom is -0.330 e. The van der Waals surface area contributed by atoms with E-state index in [1.165, 1.54) is 11.1 Å². The monoisotopic (exact) mass is 231 g/mol. The topological polar surface area (TPSA) is 26.0 Å². The Labute approximate surface area is 101 Å². The van der Waals surface area contributed by atoms with Crippen molar-refractivity contribution in [2.24, 2.45) is 5.73 Å². The molecule has 1 nitrogen and oxygen atoms in total. The fourth-order valence-corrected chi connectivity index (χ4v) is 1.93. The van der Waals surface area contributed by atoms with Crippen LogP contribution in [0.3, 0.4) is 0 Å². The zero-order chi connectivity index (χ0) is 11.4. The van der Waals surface area contributed by atoms with Crippen molar-refractivity contribution < 1.29 is 0 Å². The summed E-state index contributed by atoms with van der Waals surface area (Å²) >= 11 is 5.98. The maximum absolute atomic E-state index is 5.98. The molecule has 0 unspecified atom stereocenters. The molecule has 16 heavy (non-hydrogen) atoms. The third kappa shape index (κ3) is 2.63. The molecule has 2 heteroatoms. The molecule has 0 heterocycles. The summed E-state index contributed by atoms with van der Waals surface area (Å²) in [5, 5.41) is 0.765. The lowest BCUT2D eigenvalue weighted by atomic mass is 10.0. The molecular weight excluding hydrogens is 218 g/mol. The molecule has 2 aromatic carbocycles. The summed E-state index contributed by atoms with van der Waals surface area (Å²) in [5.41, 5.74) is 9.15. The molecule has 2 N–H and O–H groups in total. The van der Waals surface area contributed by atoms with E-state index in [2.05, 4.69) is 30.3 Å². The fraction of sp³-hybridized carbons (Fsp3) is 0.143. The number of benzene rings is 2. The summed E-state index contributed by atoms with van der Waals surface area (Å²) in [7, 11) is 0. The van der Waals surface area contributed by atoms with Gasteiger partial charge in [-0.3, -0.25) is 0 Å². The first-order valence-electron chi connectivity index (χ1n) is 5.34. The zero-order valence-corrected chi connectivity index (χ0v) is 9.74. The third-order valence-electron chi connectivity index (χ3n) is 2.52. The number of hydrogen-bond donors (Lipinski definition) is 1. The largest absolute Gasteiger partial charge is 0.330 e. The van der Waals surface area contributed by atoms with E-state index in [9.17, 15) is 0 Å². The van der Waals surface area contributed by atoms with Crippen LogP contribution in [-0.4, -0.2) is 6.54 Å². The Bertz CT molecular complexity index is 480. The Balaban J connectivity index is 2.36. The standard InChI is InChI=1S/C14H14ClN/c15-14-6-2-5-13(10-14)12-4-1-3-11(9-12)7-8-16/h1-6,9-10H,7-8,16H2. The van der Waals surface area contributed by atoms with Crippen LogP contribution in [-0.2, 0) is 6.42 Å². The van der Waals surface area contributed by atoms with Crippen LogP contribution in [0.25, 0.3) is 11.1 Å². The summed E-state index contributed by atoms with van der Waals surface area (Å²) in [6.45, 7) is 0.680. The van der Waals surface area contributed by atoms with Crippen molar-refractivity contribution in [3.05, 3.63) is 59.1 Å². The average molecular weight is 232 g/mol. The van der Waals surface area contributed by atoms with Crippen LogP contribution in [0.2, 0.25) is 5.02 Å². The molecule has 2 rings (SSSR count). The van der Waals surface area contributed by atoms with E-state index < -0.39 is 0 Å². The van der Waals surface area contributed by atoms with Gasteiger partial charge in [-0.05, 0) is 41.8 Å². The predicted octanol–water partition coefficient (Wildman–Crippen LogP) is 3.51. The molecule has 0 bridgehead atoms. The summed E-state index contributed by atoms with van der Waals surface area (Å²) < 4.78 is 0. The summed E-state index contributed by atoms with van der Waals surface area (Å²) in [5.74, 6) is 0. The Morgan fingerprint density at radius 3 is 2.31 bits per heavy atom. The first kappa shape index (κ1) is 11.2. The highest BCUT2D eigenvalue weighted by Crippen LogP contribution is 2.23. The smallest absolute Gasteiger partial charge is 0.0412 e. The van der Waals surface area contributed by atoms with Gasteiger partial charge in [-0.2, -0.15) is 0 Å². The van der Waals surface area contributed by atoms with Crippen LogP contribution in [0, 0.1) is 0 Å². The Morgan fingerprint density at radius 2 is 1.62 bits per heavy atom. The fourth-order valence-electron chi connectivity index (χ4n) is 1.74. The van der Waals surface area contributed by atoms with E-state index in [4.69, 9.17) is 17.3 Å². The van der Waals surface area contributed by atoms with Crippen LogP contribution in [0.15, 0.2) is 48.5 Å². The molecule has 82 valence electrons. The highest BCUT2D eigenvalue weighted by Gasteiger charge is 1.99. The van der Waals surface area contributed by atoms with Crippen molar-refractivity contribution in [3.8, 4) is 11.1 Å². The maximum Gasteiger partial charge on any atom is 0.0412 e. The molecule has 0 aliphatic carbocycles. The Morgan fingerprint density at radius 1 is 0.938 bits per heavy atom. The summed E-state index contributed by atoms with van der Waals surface area (Å²) in [6.07, 6.45) is 0.911. The van der Waals surface area contributed by atoms with Crippen molar-refractivity contribution in [1.82, 2.24) is 0 Å². The van der Waals surface area contributed by atoms with Gasteiger partial charge in [0.1, 0.15) is 0 Å². The van der Waals surface area contributed by atoms with E-state index >= 15 is 0 Å². The van der Waals surface area contributed by atoms with E-state index in [-0.39, 0.29) is 0 Å². The van der Waals surface area contributed by atoms with Gasteiger partial charge in [0.15, 0.2) is 0 Å². The Hall–Kier alpha value is -1.31. The van der Waals surface area contributed by atoms with Crippen LogP contribution >= 0.6 is 11.6 Å². The molecule has 0 fully saturated rings. The normalized spacial score (nSPS) is 10.4. The molecule has 0 atom stereocenters. The molecule has 0 saturated heterocycles. The second kappa shape index (κ2) is 5.15. The van der Waals surface area contributed by atoms with Gasteiger partial charge in [-0.25, -0.2) is 0 Å². The van der Waals surface area contributed by atoms with Crippen molar-refractivity contribution in [2.45, 2.75) is 6.42 Å². The van der Waals surface area contributed by atoms with Gasteiger partial charge in [0.05, 0.1) is 0 Å². The maximum atomic E-state index is 5.98. The van der Waals surface area contributed by atoms with Crippen LogP contribution in [0.5, 0.6) is 0 Å². The number of halogens is 1. The van der Waals surface area contributed by atoms with Gasteiger partial charge in [0.25, 0.3) is 0 Å². The first-order valence-corrected chi connectivity index (χ1v) is 5.72. The highest BCUT2D eigenvalue weighted by atomic mass is 35.5. The van der Waals surface area contributed by atoms with Crippen molar-refractivity contribution in [2.75, 3.05) is 6.54 Å². The SMILES string of the molecule is NCCc1cccc(-c2cccc(Cl)c2)c1. The second-order valence-corrected chi connectivity index (χ2v) is 4.19. The van der Waals surface area contributed by atoms with Gasteiger partial charge in [0.2, 0.25) is 0 Å². The first-order chi connectivity index (χ1) is 7.79. The second-order valence-electron chi connectivity index (χ2n) is 3.75. The Kier molecular flexibility index (Phi) is 3.60. The summed E-state index contributed by atoms with van der Waals surface area (Å²) in [4.78, 5) is 0. The lowest BCUT2D eigenvalue weighted by Gasteiger charge is -2.05. The van der Waals surface area contributed by atoms with E-state index in [0.717, 1.165) is 17.0 Å². The van der Waals surface area contributed by atoms with Crippen molar-refractivity contribution in [3.63, 3.8) is 0 Å². The van der Waals surface area contributed by atoms with Gasteiger partial charge in [-0.15, -0.1) is 0 Å². The van der Waals surface area contributed by atoms with Crippen molar-refractivity contribution >= 4 is 11.6 Å². The van der Waals surface area contributed by atoms with E-state index in [1.807, 2.05) is 18.2 Å². The molecule has 0 spiro atoms. The number of rotatable bonds is 3.